The first-order chi connectivity index (χ1) is 9.13. The van der Waals surface area contributed by atoms with E-state index in [0.29, 0.717) is 19.7 Å². The average Bonchev–Trinajstić information content (AvgIpc) is 2.41. The molecular formula is C13H18N2O4. The Bertz CT molecular complexity index is 408. The van der Waals surface area contributed by atoms with Crippen molar-refractivity contribution in [3.8, 4) is 0 Å². The number of aromatic nitrogens is 1. The van der Waals surface area contributed by atoms with Crippen molar-refractivity contribution < 1.29 is 19.4 Å². The SMILES string of the molecule is COCCN(Cc1ccccn1)C(=O)CCC(=O)O. The summed E-state index contributed by atoms with van der Waals surface area (Å²) in [5.74, 6) is -1.18. The number of methoxy groups -OCH3 is 1. The molecule has 1 aromatic rings. The van der Waals surface area contributed by atoms with Gasteiger partial charge in [0.25, 0.3) is 0 Å². The van der Waals surface area contributed by atoms with Crippen LogP contribution in [0.5, 0.6) is 0 Å². The van der Waals surface area contributed by atoms with Crippen molar-refractivity contribution in [2.45, 2.75) is 19.4 Å². The summed E-state index contributed by atoms with van der Waals surface area (Å²) < 4.78 is 4.96. The molecule has 6 nitrogen and oxygen atoms in total. The van der Waals surface area contributed by atoms with E-state index < -0.39 is 5.97 Å². The number of hydrogen-bond donors (Lipinski definition) is 1. The summed E-state index contributed by atoms with van der Waals surface area (Å²) in [6.07, 6.45) is 1.49. The zero-order valence-corrected chi connectivity index (χ0v) is 10.9. The number of rotatable bonds is 8. The number of nitrogens with zero attached hydrogens (tertiary/aromatic N) is 2. The Kier molecular flexibility index (Phi) is 6.52. The lowest BCUT2D eigenvalue weighted by Gasteiger charge is -2.21. The molecule has 0 aliphatic heterocycles. The molecule has 104 valence electrons. The number of pyridine rings is 1. The van der Waals surface area contributed by atoms with Crippen LogP contribution in [-0.2, 0) is 20.9 Å². The number of amides is 1. The lowest BCUT2D eigenvalue weighted by molar-refractivity contribution is -0.141. The highest BCUT2D eigenvalue weighted by Crippen LogP contribution is 2.05. The summed E-state index contributed by atoms with van der Waals surface area (Å²) in [5.41, 5.74) is 0.766. The average molecular weight is 266 g/mol. The van der Waals surface area contributed by atoms with E-state index in [-0.39, 0.29) is 18.7 Å². The van der Waals surface area contributed by atoms with E-state index in [1.165, 1.54) is 0 Å². The van der Waals surface area contributed by atoms with Crippen molar-refractivity contribution in [3.05, 3.63) is 30.1 Å². The second-order valence-electron chi connectivity index (χ2n) is 4.02. The van der Waals surface area contributed by atoms with Crippen LogP contribution in [0.2, 0.25) is 0 Å². The predicted octanol–water partition coefficient (Wildman–Crippen LogP) is 0.921. The van der Waals surface area contributed by atoms with Crippen molar-refractivity contribution >= 4 is 11.9 Å². The molecule has 0 spiro atoms. The fraction of sp³-hybridized carbons (Fsp3) is 0.462. The first-order valence-corrected chi connectivity index (χ1v) is 6.02. The lowest BCUT2D eigenvalue weighted by atomic mass is 10.2. The fourth-order valence-electron chi connectivity index (χ4n) is 1.55. The van der Waals surface area contributed by atoms with E-state index in [4.69, 9.17) is 9.84 Å². The van der Waals surface area contributed by atoms with Gasteiger partial charge >= 0.3 is 5.97 Å². The van der Waals surface area contributed by atoms with Gasteiger partial charge in [0.05, 0.1) is 25.3 Å². The molecule has 0 aliphatic rings. The molecule has 0 aliphatic carbocycles. The Labute approximate surface area is 112 Å². The highest BCUT2D eigenvalue weighted by atomic mass is 16.5. The van der Waals surface area contributed by atoms with Gasteiger partial charge in [-0.2, -0.15) is 0 Å². The van der Waals surface area contributed by atoms with E-state index >= 15 is 0 Å². The quantitative estimate of drug-likeness (QED) is 0.757. The van der Waals surface area contributed by atoms with Gasteiger partial charge in [0.1, 0.15) is 0 Å². The second kappa shape index (κ2) is 8.20. The number of carbonyl (C=O) groups excluding carboxylic acids is 1. The molecule has 0 radical (unpaired) electrons. The molecule has 0 saturated carbocycles. The van der Waals surface area contributed by atoms with Crippen LogP contribution < -0.4 is 0 Å². The summed E-state index contributed by atoms with van der Waals surface area (Å²) in [7, 11) is 1.56. The van der Waals surface area contributed by atoms with E-state index in [2.05, 4.69) is 4.98 Å². The topological polar surface area (TPSA) is 79.7 Å². The zero-order chi connectivity index (χ0) is 14.1. The Balaban J connectivity index is 2.60. The Morgan fingerprint density at radius 1 is 1.37 bits per heavy atom. The molecule has 0 aromatic carbocycles. The monoisotopic (exact) mass is 266 g/mol. The van der Waals surface area contributed by atoms with Gasteiger partial charge in [-0.25, -0.2) is 0 Å². The molecule has 1 heterocycles. The number of carbonyl (C=O) groups is 2. The van der Waals surface area contributed by atoms with Crippen LogP contribution in [-0.4, -0.2) is 47.1 Å². The number of ether oxygens (including phenoxy) is 1. The van der Waals surface area contributed by atoms with Crippen molar-refractivity contribution in [1.29, 1.82) is 0 Å². The minimum Gasteiger partial charge on any atom is -0.481 e. The maximum absolute atomic E-state index is 11.9. The molecule has 19 heavy (non-hydrogen) atoms. The molecule has 1 aromatic heterocycles. The van der Waals surface area contributed by atoms with Crippen LogP contribution in [0.1, 0.15) is 18.5 Å². The molecular weight excluding hydrogens is 248 g/mol. The van der Waals surface area contributed by atoms with Gasteiger partial charge in [0.2, 0.25) is 5.91 Å². The lowest BCUT2D eigenvalue weighted by Crippen LogP contribution is -2.33. The van der Waals surface area contributed by atoms with Crippen LogP contribution in [0.25, 0.3) is 0 Å². The molecule has 1 rings (SSSR count). The maximum atomic E-state index is 11.9. The molecule has 0 fully saturated rings. The molecule has 0 unspecified atom stereocenters. The van der Waals surface area contributed by atoms with Gasteiger partial charge in [0, 0.05) is 26.3 Å². The predicted molar refractivity (Wildman–Crippen MR) is 68.4 cm³/mol. The van der Waals surface area contributed by atoms with Gasteiger partial charge in [-0.05, 0) is 12.1 Å². The van der Waals surface area contributed by atoms with Crippen molar-refractivity contribution in [1.82, 2.24) is 9.88 Å². The van der Waals surface area contributed by atoms with Crippen molar-refractivity contribution in [2.75, 3.05) is 20.3 Å². The minimum atomic E-state index is -0.974. The molecule has 1 N–H and O–H groups in total. The summed E-state index contributed by atoms with van der Waals surface area (Å²) in [6, 6.07) is 5.47. The standard InChI is InChI=1S/C13H18N2O4/c1-19-9-8-15(12(16)5-6-13(17)18)10-11-4-2-3-7-14-11/h2-4,7H,5-6,8-10H2,1H3,(H,17,18). The van der Waals surface area contributed by atoms with Gasteiger partial charge in [-0.3, -0.25) is 14.6 Å². The van der Waals surface area contributed by atoms with E-state index in [1.54, 1.807) is 24.3 Å². The third-order valence-corrected chi connectivity index (χ3v) is 2.55. The van der Waals surface area contributed by atoms with E-state index in [1.807, 2.05) is 12.1 Å². The number of carboxylic acids is 1. The number of aliphatic carboxylic acids is 1. The Morgan fingerprint density at radius 2 is 2.16 bits per heavy atom. The maximum Gasteiger partial charge on any atom is 0.303 e. The molecule has 0 saturated heterocycles. The largest absolute Gasteiger partial charge is 0.481 e. The van der Waals surface area contributed by atoms with E-state index in [9.17, 15) is 9.59 Å². The summed E-state index contributed by atoms with van der Waals surface area (Å²) >= 11 is 0. The Morgan fingerprint density at radius 3 is 2.74 bits per heavy atom. The highest BCUT2D eigenvalue weighted by molar-refractivity contribution is 5.80. The molecule has 0 atom stereocenters. The number of hydrogen-bond acceptors (Lipinski definition) is 4. The highest BCUT2D eigenvalue weighted by Gasteiger charge is 2.15. The van der Waals surface area contributed by atoms with Crippen LogP contribution in [0.3, 0.4) is 0 Å². The normalized spacial score (nSPS) is 10.2. The third kappa shape index (κ3) is 5.96. The van der Waals surface area contributed by atoms with Gasteiger partial charge in [0.15, 0.2) is 0 Å². The third-order valence-electron chi connectivity index (χ3n) is 2.55. The first-order valence-electron chi connectivity index (χ1n) is 6.02. The van der Waals surface area contributed by atoms with Crippen LogP contribution in [0.4, 0.5) is 0 Å². The summed E-state index contributed by atoms with van der Waals surface area (Å²) in [4.78, 5) is 28.1. The smallest absolute Gasteiger partial charge is 0.303 e. The number of carboxylic acid groups (broad SMARTS) is 1. The van der Waals surface area contributed by atoms with Gasteiger partial charge < -0.3 is 14.7 Å². The van der Waals surface area contributed by atoms with Gasteiger partial charge in [-0.1, -0.05) is 6.07 Å². The van der Waals surface area contributed by atoms with Crippen LogP contribution in [0.15, 0.2) is 24.4 Å². The molecule has 6 heteroatoms. The zero-order valence-electron chi connectivity index (χ0n) is 10.9. The molecule has 0 bridgehead atoms. The fourth-order valence-corrected chi connectivity index (χ4v) is 1.55. The van der Waals surface area contributed by atoms with Crippen LogP contribution >= 0.6 is 0 Å². The Hall–Kier alpha value is -1.95. The molecule has 1 amide bonds. The van der Waals surface area contributed by atoms with Crippen LogP contribution in [0, 0.1) is 0 Å². The van der Waals surface area contributed by atoms with E-state index in [0.717, 1.165) is 5.69 Å². The van der Waals surface area contributed by atoms with Crippen molar-refractivity contribution in [2.24, 2.45) is 0 Å². The second-order valence-corrected chi connectivity index (χ2v) is 4.02. The van der Waals surface area contributed by atoms with Crippen molar-refractivity contribution in [3.63, 3.8) is 0 Å². The first kappa shape index (κ1) is 15.1. The van der Waals surface area contributed by atoms with Gasteiger partial charge in [-0.15, -0.1) is 0 Å². The minimum absolute atomic E-state index is 0.00805. The summed E-state index contributed by atoms with van der Waals surface area (Å²) in [6.45, 7) is 1.19. The summed E-state index contributed by atoms with van der Waals surface area (Å²) in [5, 5.41) is 8.60.